The third kappa shape index (κ3) is 3.52. The molecule has 2 fully saturated rings. The standard InChI is InChI=1S/C21H32N4O/c1-13(2)18-12-26-20(11-22-18)19-9-15(4)23-21-10-17(24-25(19)21)16-7-5-14(3)6-8-16/h9-10,13-14,16,18,20,22H,5-8,11-12H2,1-4H3/t14-,16-,18-,20-/m1/s1. The fourth-order valence-electron chi connectivity index (χ4n) is 4.35. The van der Waals surface area contributed by atoms with E-state index in [1.165, 1.54) is 31.4 Å². The Labute approximate surface area is 156 Å². The van der Waals surface area contributed by atoms with Crippen molar-refractivity contribution in [2.75, 3.05) is 13.2 Å². The van der Waals surface area contributed by atoms with E-state index in [1.54, 1.807) is 0 Å². The predicted molar refractivity (Wildman–Crippen MR) is 103 cm³/mol. The van der Waals surface area contributed by atoms with E-state index in [0.717, 1.165) is 36.1 Å². The lowest BCUT2D eigenvalue weighted by atomic mass is 9.81. The molecule has 0 spiro atoms. The Hall–Kier alpha value is -1.46. The molecule has 2 atom stereocenters. The number of rotatable bonds is 3. The van der Waals surface area contributed by atoms with Gasteiger partial charge in [-0.05, 0) is 37.7 Å². The van der Waals surface area contributed by atoms with Crippen LogP contribution in [0.1, 0.15) is 75.6 Å². The van der Waals surface area contributed by atoms with E-state index < -0.39 is 0 Å². The van der Waals surface area contributed by atoms with Crippen LogP contribution in [0, 0.1) is 18.8 Å². The molecular formula is C21H32N4O. The minimum Gasteiger partial charge on any atom is -0.369 e. The molecule has 0 radical (unpaired) electrons. The molecule has 0 bridgehead atoms. The van der Waals surface area contributed by atoms with Crippen molar-refractivity contribution in [2.45, 2.75) is 71.4 Å². The van der Waals surface area contributed by atoms with Crippen molar-refractivity contribution in [1.82, 2.24) is 19.9 Å². The van der Waals surface area contributed by atoms with Crippen LogP contribution in [0.5, 0.6) is 0 Å². The largest absolute Gasteiger partial charge is 0.369 e. The molecule has 1 aliphatic heterocycles. The molecule has 0 amide bonds. The first kappa shape index (κ1) is 17.9. The van der Waals surface area contributed by atoms with Crippen LogP contribution in [0.3, 0.4) is 0 Å². The van der Waals surface area contributed by atoms with E-state index in [1.807, 2.05) is 4.52 Å². The zero-order chi connectivity index (χ0) is 18.3. The van der Waals surface area contributed by atoms with Crippen LogP contribution in [-0.4, -0.2) is 33.8 Å². The number of morpholine rings is 1. The highest BCUT2D eigenvalue weighted by Crippen LogP contribution is 2.35. The first-order valence-electron chi connectivity index (χ1n) is 10.2. The van der Waals surface area contributed by atoms with E-state index in [0.29, 0.717) is 17.9 Å². The second-order valence-electron chi connectivity index (χ2n) is 8.70. The maximum atomic E-state index is 6.22. The Kier molecular flexibility index (Phi) is 5.02. The summed E-state index contributed by atoms with van der Waals surface area (Å²) in [7, 11) is 0. The summed E-state index contributed by atoms with van der Waals surface area (Å²) >= 11 is 0. The van der Waals surface area contributed by atoms with Crippen molar-refractivity contribution in [3.63, 3.8) is 0 Å². The number of aromatic nitrogens is 3. The topological polar surface area (TPSA) is 51.5 Å². The summed E-state index contributed by atoms with van der Waals surface area (Å²) in [5.74, 6) is 2.02. The van der Waals surface area contributed by atoms with Gasteiger partial charge in [0, 0.05) is 30.3 Å². The average molecular weight is 357 g/mol. The number of nitrogens with one attached hydrogen (secondary N) is 1. The smallest absolute Gasteiger partial charge is 0.155 e. The Morgan fingerprint density at radius 2 is 1.96 bits per heavy atom. The highest BCUT2D eigenvalue weighted by molar-refractivity contribution is 5.43. The van der Waals surface area contributed by atoms with Crippen LogP contribution in [0.15, 0.2) is 12.1 Å². The molecular weight excluding hydrogens is 324 g/mol. The number of aryl methyl sites for hydroxylation is 1. The number of hydrogen-bond acceptors (Lipinski definition) is 4. The molecule has 4 rings (SSSR count). The quantitative estimate of drug-likeness (QED) is 0.902. The molecule has 142 valence electrons. The van der Waals surface area contributed by atoms with Gasteiger partial charge in [0.2, 0.25) is 0 Å². The lowest BCUT2D eigenvalue weighted by Crippen LogP contribution is -2.46. The van der Waals surface area contributed by atoms with Crippen molar-refractivity contribution in [3.05, 3.63) is 29.2 Å². The number of ether oxygens (including phenoxy) is 1. The molecule has 0 aromatic carbocycles. The minimum atomic E-state index is 0.0355. The summed E-state index contributed by atoms with van der Waals surface area (Å²) in [6.07, 6.45) is 5.15. The van der Waals surface area contributed by atoms with Crippen molar-refractivity contribution in [1.29, 1.82) is 0 Å². The molecule has 3 heterocycles. The van der Waals surface area contributed by atoms with Crippen molar-refractivity contribution in [3.8, 4) is 0 Å². The van der Waals surface area contributed by atoms with Crippen LogP contribution >= 0.6 is 0 Å². The van der Waals surface area contributed by atoms with Gasteiger partial charge in [-0.3, -0.25) is 0 Å². The van der Waals surface area contributed by atoms with E-state index in [4.69, 9.17) is 14.8 Å². The van der Waals surface area contributed by atoms with Crippen LogP contribution in [0.4, 0.5) is 0 Å². The normalized spacial score (nSPS) is 30.2. The SMILES string of the molecule is Cc1cc([C@H]2CN[C@@H](C(C)C)CO2)n2nc([C@H]3CC[C@H](C)CC3)cc2n1. The first-order valence-corrected chi connectivity index (χ1v) is 10.2. The molecule has 2 aliphatic rings. The summed E-state index contributed by atoms with van der Waals surface area (Å²) in [4.78, 5) is 4.73. The summed E-state index contributed by atoms with van der Waals surface area (Å²) in [6, 6.07) is 4.76. The molecule has 1 saturated carbocycles. The zero-order valence-corrected chi connectivity index (χ0v) is 16.5. The van der Waals surface area contributed by atoms with Gasteiger partial charge in [-0.25, -0.2) is 9.50 Å². The predicted octanol–water partition coefficient (Wildman–Crippen LogP) is 4.02. The average Bonchev–Trinajstić information content (AvgIpc) is 3.05. The molecule has 2 aromatic rings. The lowest BCUT2D eigenvalue weighted by Gasteiger charge is -2.32. The molecule has 5 nitrogen and oxygen atoms in total. The van der Waals surface area contributed by atoms with Gasteiger partial charge in [-0.1, -0.05) is 33.6 Å². The number of hydrogen-bond donors (Lipinski definition) is 1. The second-order valence-corrected chi connectivity index (χ2v) is 8.70. The Balaban J connectivity index is 1.61. The third-order valence-corrected chi connectivity index (χ3v) is 6.21. The van der Waals surface area contributed by atoms with E-state index in [9.17, 15) is 0 Å². The number of fused-ring (bicyclic) bond motifs is 1. The van der Waals surface area contributed by atoms with Crippen molar-refractivity contribution >= 4 is 5.65 Å². The van der Waals surface area contributed by atoms with Crippen LogP contribution in [0.2, 0.25) is 0 Å². The summed E-state index contributed by atoms with van der Waals surface area (Å²) in [6.45, 7) is 10.5. The highest BCUT2D eigenvalue weighted by atomic mass is 16.5. The highest BCUT2D eigenvalue weighted by Gasteiger charge is 2.28. The van der Waals surface area contributed by atoms with Gasteiger partial charge in [0.05, 0.1) is 18.0 Å². The third-order valence-electron chi connectivity index (χ3n) is 6.21. The summed E-state index contributed by atoms with van der Waals surface area (Å²) < 4.78 is 8.25. The first-order chi connectivity index (χ1) is 12.5. The molecule has 5 heteroatoms. The number of nitrogens with zero attached hydrogens (tertiary/aromatic N) is 3. The fraction of sp³-hybridized carbons (Fsp3) is 0.714. The Morgan fingerprint density at radius 1 is 1.19 bits per heavy atom. The molecule has 26 heavy (non-hydrogen) atoms. The summed E-state index contributed by atoms with van der Waals surface area (Å²) in [5, 5.41) is 8.62. The van der Waals surface area contributed by atoms with Gasteiger partial charge >= 0.3 is 0 Å². The second kappa shape index (κ2) is 7.28. The molecule has 1 saturated heterocycles. The van der Waals surface area contributed by atoms with Gasteiger partial charge in [-0.15, -0.1) is 0 Å². The molecule has 1 N–H and O–H groups in total. The monoisotopic (exact) mass is 356 g/mol. The van der Waals surface area contributed by atoms with Gasteiger partial charge in [0.1, 0.15) is 6.10 Å². The van der Waals surface area contributed by atoms with Crippen LogP contribution in [0.25, 0.3) is 5.65 Å². The van der Waals surface area contributed by atoms with Crippen LogP contribution < -0.4 is 5.32 Å². The van der Waals surface area contributed by atoms with Gasteiger partial charge < -0.3 is 10.1 Å². The maximum absolute atomic E-state index is 6.22. The van der Waals surface area contributed by atoms with Gasteiger partial charge in [-0.2, -0.15) is 5.10 Å². The fourth-order valence-corrected chi connectivity index (χ4v) is 4.35. The lowest BCUT2D eigenvalue weighted by molar-refractivity contribution is -0.0105. The van der Waals surface area contributed by atoms with Crippen LogP contribution in [-0.2, 0) is 4.74 Å². The van der Waals surface area contributed by atoms with E-state index in [2.05, 4.69) is 45.1 Å². The maximum Gasteiger partial charge on any atom is 0.155 e. The molecule has 0 unspecified atom stereocenters. The van der Waals surface area contributed by atoms with E-state index >= 15 is 0 Å². The Morgan fingerprint density at radius 3 is 2.62 bits per heavy atom. The Bertz CT molecular complexity index is 753. The summed E-state index contributed by atoms with van der Waals surface area (Å²) in [5.41, 5.74) is 4.33. The van der Waals surface area contributed by atoms with Gasteiger partial charge in [0.25, 0.3) is 0 Å². The van der Waals surface area contributed by atoms with Gasteiger partial charge in [0.15, 0.2) is 5.65 Å². The molecule has 1 aliphatic carbocycles. The minimum absolute atomic E-state index is 0.0355. The van der Waals surface area contributed by atoms with Crippen molar-refractivity contribution in [2.24, 2.45) is 11.8 Å². The van der Waals surface area contributed by atoms with Crippen molar-refractivity contribution < 1.29 is 4.74 Å². The molecule has 2 aromatic heterocycles. The van der Waals surface area contributed by atoms with E-state index in [-0.39, 0.29) is 6.10 Å². The zero-order valence-electron chi connectivity index (χ0n) is 16.5.